The van der Waals surface area contributed by atoms with Gasteiger partial charge in [0.25, 0.3) is 0 Å². The van der Waals surface area contributed by atoms with Crippen LogP contribution < -0.4 is 5.73 Å². The molecule has 0 amide bonds. The summed E-state index contributed by atoms with van der Waals surface area (Å²) < 4.78 is 5.12. The minimum Gasteiger partial charge on any atom is -0.499 e. The topological polar surface area (TPSA) is 35.2 Å². The zero-order valence-corrected chi connectivity index (χ0v) is 6.18. The first-order chi connectivity index (χ1) is 4.22. The maximum absolute atomic E-state index is 5.36. The molecule has 0 heterocycles. The van der Waals surface area contributed by atoms with Crippen molar-refractivity contribution in [3.8, 4) is 0 Å². The van der Waals surface area contributed by atoms with Crippen molar-refractivity contribution in [1.82, 2.24) is 0 Å². The van der Waals surface area contributed by atoms with Crippen molar-refractivity contribution in [3.05, 3.63) is 12.3 Å². The van der Waals surface area contributed by atoms with Crippen LogP contribution in [0.1, 0.15) is 13.8 Å². The molecule has 0 aromatic carbocycles. The van der Waals surface area contributed by atoms with Crippen LogP contribution in [0.15, 0.2) is 12.3 Å². The first-order valence-electron chi connectivity index (χ1n) is 3.24. The fourth-order valence-electron chi connectivity index (χ4n) is 0.459. The van der Waals surface area contributed by atoms with Gasteiger partial charge < -0.3 is 10.5 Å². The second-order valence-electron chi connectivity index (χ2n) is 2.04. The lowest BCUT2D eigenvalue weighted by Gasteiger charge is -2.11. The van der Waals surface area contributed by atoms with Gasteiger partial charge in [-0.2, -0.15) is 0 Å². The highest BCUT2D eigenvalue weighted by atomic mass is 16.5. The predicted octanol–water partition coefficient (Wildman–Crippen LogP) is 1.13. The summed E-state index contributed by atoms with van der Waals surface area (Å²) in [6.07, 6.45) is 0. The third kappa shape index (κ3) is 3.14. The van der Waals surface area contributed by atoms with Gasteiger partial charge >= 0.3 is 0 Å². The van der Waals surface area contributed by atoms with Crippen LogP contribution in [0.2, 0.25) is 0 Å². The van der Waals surface area contributed by atoms with Crippen molar-refractivity contribution < 1.29 is 4.74 Å². The van der Waals surface area contributed by atoms with Crippen LogP contribution in [-0.2, 0) is 4.74 Å². The molecule has 9 heavy (non-hydrogen) atoms. The van der Waals surface area contributed by atoms with E-state index < -0.39 is 0 Å². The Hall–Kier alpha value is -0.500. The van der Waals surface area contributed by atoms with E-state index in [4.69, 9.17) is 10.5 Å². The second kappa shape index (κ2) is 4.39. The molecule has 1 unspecified atom stereocenters. The molecule has 0 aromatic rings. The average Bonchev–Trinajstić information content (AvgIpc) is 1.87. The van der Waals surface area contributed by atoms with E-state index in [1.807, 2.05) is 13.8 Å². The van der Waals surface area contributed by atoms with Gasteiger partial charge in [0.2, 0.25) is 0 Å². The lowest BCUT2D eigenvalue weighted by atomic mass is 10.1. The average molecular weight is 129 g/mol. The highest BCUT2D eigenvalue weighted by Crippen LogP contribution is 2.06. The molecule has 0 spiro atoms. The molecule has 0 saturated carbocycles. The molecule has 0 aliphatic heterocycles. The van der Waals surface area contributed by atoms with Gasteiger partial charge in [0.15, 0.2) is 0 Å². The monoisotopic (exact) mass is 129 g/mol. The predicted molar refractivity (Wildman–Crippen MR) is 39.0 cm³/mol. The van der Waals surface area contributed by atoms with E-state index in [1.165, 1.54) is 0 Å². The molecule has 2 heteroatoms. The summed E-state index contributed by atoms with van der Waals surface area (Å²) in [6.45, 7) is 8.94. The molecule has 0 aliphatic rings. The Morgan fingerprint density at radius 2 is 2.33 bits per heavy atom. The number of rotatable bonds is 4. The first kappa shape index (κ1) is 8.50. The molecule has 1 atom stereocenters. The Morgan fingerprint density at radius 3 is 2.67 bits per heavy atom. The highest BCUT2D eigenvalue weighted by molar-refractivity contribution is 4.88. The lowest BCUT2D eigenvalue weighted by molar-refractivity contribution is 0.199. The number of hydrogen-bond donors (Lipinski definition) is 1. The Balaban J connectivity index is 3.46. The largest absolute Gasteiger partial charge is 0.499 e. The normalized spacial score (nSPS) is 12.8. The quantitative estimate of drug-likeness (QED) is 0.577. The van der Waals surface area contributed by atoms with Crippen molar-refractivity contribution in [3.63, 3.8) is 0 Å². The van der Waals surface area contributed by atoms with E-state index in [1.54, 1.807) is 0 Å². The van der Waals surface area contributed by atoms with Gasteiger partial charge in [0, 0.05) is 12.5 Å². The van der Waals surface area contributed by atoms with Crippen LogP contribution in [0, 0.1) is 5.92 Å². The summed E-state index contributed by atoms with van der Waals surface area (Å²) >= 11 is 0. The fraction of sp³-hybridized carbons (Fsp3) is 0.714. The van der Waals surface area contributed by atoms with E-state index in [0.29, 0.717) is 13.2 Å². The molecule has 0 saturated heterocycles. The van der Waals surface area contributed by atoms with Crippen molar-refractivity contribution >= 4 is 0 Å². The summed E-state index contributed by atoms with van der Waals surface area (Å²) in [5, 5.41) is 0. The van der Waals surface area contributed by atoms with Gasteiger partial charge in [-0.15, -0.1) is 0 Å². The maximum atomic E-state index is 5.36. The van der Waals surface area contributed by atoms with Crippen LogP contribution in [0.25, 0.3) is 0 Å². The van der Waals surface area contributed by atoms with Crippen LogP contribution in [0.4, 0.5) is 0 Å². The summed E-state index contributed by atoms with van der Waals surface area (Å²) in [5.74, 6) is 1.07. The lowest BCUT2D eigenvalue weighted by Crippen LogP contribution is -2.14. The van der Waals surface area contributed by atoms with Gasteiger partial charge in [-0.3, -0.25) is 0 Å². The van der Waals surface area contributed by atoms with Gasteiger partial charge in [0.1, 0.15) is 0 Å². The smallest absolute Gasteiger partial charge is 0.0928 e. The van der Waals surface area contributed by atoms with Crippen LogP contribution >= 0.6 is 0 Å². The number of hydrogen-bond acceptors (Lipinski definition) is 2. The van der Waals surface area contributed by atoms with Gasteiger partial charge in [-0.05, 0) is 6.92 Å². The van der Waals surface area contributed by atoms with Gasteiger partial charge in [-0.25, -0.2) is 0 Å². The Kier molecular flexibility index (Phi) is 4.14. The molecule has 2 N–H and O–H groups in total. The summed E-state index contributed by atoms with van der Waals surface area (Å²) in [5.41, 5.74) is 5.36. The minimum atomic E-state index is 0.282. The third-order valence-corrected chi connectivity index (χ3v) is 1.23. The molecular weight excluding hydrogens is 114 g/mol. The van der Waals surface area contributed by atoms with Gasteiger partial charge in [0.05, 0.1) is 12.4 Å². The molecule has 54 valence electrons. The molecule has 0 aliphatic carbocycles. The maximum Gasteiger partial charge on any atom is 0.0928 e. The standard InChI is InChI=1S/C7H15NO/c1-4-9-7(3)6(2)5-8/h6H,3-5,8H2,1-2H3. The van der Waals surface area contributed by atoms with E-state index in [-0.39, 0.29) is 5.92 Å². The fourth-order valence-corrected chi connectivity index (χ4v) is 0.459. The van der Waals surface area contributed by atoms with E-state index in [9.17, 15) is 0 Å². The van der Waals surface area contributed by atoms with Crippen LogP contribution in [0.3, 0.4) is 0 Å². The molecule has 2 nitrogen and oxygen atoms in total. The zero-order chi connectivity index (χ0) is 7.28. The van der Waals surface area contributed by atoms with Gasteiger partial charge in [-0.1, -0.05) is 13.5 Å². The molecular formula is C7H15NO. The van der Waals surface area contributed by atoms with Crippen LogP contribution in [-0.4, -0.2) is 13.2 Å². The van der Waals surface area contributed by atoms with E-state index in [0.717, 1.165) is 5.76 Å². The molecule has 0 rings (SSSR count). The summed E-state index contributed by atoms with van der Waals surface area (Å²) in [7, 11) is 0. The highest BCUT2D eigenvalue weighted by Gasteiger charge is 2.02. The molecule has 0 aromatic heterocycles. The summed E-state index contributed by atoms with van der Waals surface area (Å²) in [4.78, 5) is 0. The van der Waals surface area contributed by atoms with Crippen molar-refractivity contribution in [2.24, 2.45) is 11.7 Å². The zero-order valence-electron chi connectivity index (χ0n) is 6.18. The third-order valence-electron chi connectivity index (χ3n) is 1.23. The first-order valence-corrected chi connectivity index (χ1v) is 3.24. The Morgan fingerprint density at radius 1 is 1.78 bits per heavy atom. The number of nitrogens with two attached hydrogens (primary N) is 1. The van der Waals surface area contributed by atoms with Crippen LogP contribution in [0.5, 0.6) is 0 Å². The molecule has 0 fully saturated rings. The SMILES string of the molecule is C=C(OCC)C(C)CN. The minimum absolute atomic E-state index is 0.282. The Labute approximate surface area is 56.7 Å². The van der Waals surface area contributed by atoms with E-state index in [2.05, 4.69) is 6.58 Å². The van der Waals surface area contributed by atoms with Crippen molar-refractivity contribution in [2.75, 3.05) is 13.2 Å². The Bertz CT molecular complexity index is 90.9. The molecule has 0 radical (unpaired) electrons. The molecule has 0 bridgehead atoms. The second-order valence-corrected chi connectivity index (χ2v) is 2.04. The van der Waals surface area contributed by atoms with E-state index >= 15 is 0 Å². The van der Waals surface area contributed by atoms with Crippen molar-refractivity contribution in [2.45, 2.75) is 13.8 Å². The number of ether oxygens (including phenoxy) is 1. The summed E-state index contributed by atoms with van der Waals surface area (Å²) in [6, 6.07) is 0. The van der Waals surface area contributed by atoms with Crippen molar-refractivity contribution in [1.29, 1.82) is 0 Å².